The third-order valence-corrected chi connectivity index (χ3v) is 4.97. The van der Waals surface area contributed by atoms with E-state index in [0.717, 1.165) is 12.3 Å². The zero-order valence-corrected chi connectivity index (χ0v) is 13.1. The zero-order chi connectivity index (χ0) is 14.5. The fourth-order valence-corrected chi connectivity index (χ4v) is 3.52. The first-order valence-electron chi connectivity index (χ1n) is 8.40. The summed E-state index contributed by atoms with van der Waals surface area (Å²) >= 11 is 0. The van der Waals surface area contributed by atoms with Crippen LogP contribution in [0, 0.1) is 0 Å². The number of rotatable bonds is 6. The van der Waals surface area contributed by atoms with E-state index in [1.54, 1.807) is 12.7 Å². The summed E-state index contributed by atoms with van der Waals surface area (Å²) in [6.07, 6.45) is 11.7. The quantitative estimate of drug-likeness (QED) is 0.781. The molecule has 0 atom stereocenters. The second kappa shape index (κ2) is 7.13. The van der Waals surface area contributed by atoms with Crippen LogP contribution in [0.4, 0.5) is 0 Å². The van der Waals surface area contributed by atoms with Crippen LogP contribution in [0.5, 0.6) is 5.75 Å². The lowest BCUT2D eigenvalue weighted by Gasteiger charge is -2.36. The van der Waals surface area contributed by atoms with Crippen LogP contribution < -0.4 is 10.1 Å². The maximum atomic E-state index is 5.31. The molecule has 2 aliphatic rings. The first-order valence-corrected chi connectivity index (χ1v) is 8.40. The van der Waals surface area contributed by atoms with Crippen molar-refractivity contribution in [3.8, 4) is 5.75 Å². The van der Waals surface area contributed by atoms with Crippen molar-refractivity contribution in [2.24, 2.45) is 0 Å². The van der Waals surface area contributed by atoms with Gasteiger partial charge < -0.3 is 10.1 Å². The monoisotopic (exact) mass is 285 g/mol. The molecule has 114 valence electrons. The van der Waals surface area contributed by atoms with E-state index in [-0.39, 0.29) is 0 Å². The van der Waals surface area contributed by atoms with E-state index in [9.17, 15) is 0 Å². The van der Waals surface area contributed by atoms with Gasteiger partial charge in [-0.3, -0.25) is 0 Å². The highest BCUT2D eigenvalue weighted by Crippen LogP contribution is 2.38. The Kier molecular flexibility index (Phi) is 4.97. The molecule has 1 saturated carbocycles. The van der Waals surface area contributed by atoms with E-state index >= 15 is 0 Å². The Labute approximate surface area is 128 Å². The van der Waals surface area contributed by atoms with Gasteiger partial charge >= 0.3 is 0 Å². The molecule has 0 heterocycles. The van der Waals surface area contributed by atoms with Crippen molar-refractivity contribution >= 4 is 0 Å². The normalized spacial score (nSPS) is 25.1. The third kappa shape index (κ3) is 3.88. The molecule has 2 nitrogen and oxygen atoms in total. The fourth-order valence-electron chi connectivity index (χ4n) is 3.52. The fraction of sp³-hybridized carbons (Fsp3) is 0.579. The van der Waals surface area contributed by atoms with Gasteiger partial charge in [-0.05, 0) is 75.1 Å². The van der Waals surface area contributed by atoms with Crippen LogP contribution in [0.3, 0.4) is 0 Å². The van der Waals surface area contributed by atoms with E-state index < -0.39 is 0 Å². The van der Waals surface area contributed by atoms with E-state index in [4.69, 9.17) is 4.74 Å². The van der Waals surface area contributed by atoms with Gasteiger partial charge in [-0.2, -0.15) is 0 Å². The Balaban J connectivity index is 1.38. The topological polar surface area (TPSA) is 21.3 Å². The Morgan fingerprint density at radius 2 is 2.14 bits per heavy atom. The van der Waals surface area contributed by atoms with Crippen molar-refractivity contribution in [1.29, 1.82) is 0 Å². The molecule has 1 fully saturated rings. The van der Waals surface area contributed by atoms with Crippen molar-refractivity contribution in [1.82, 2.24) is 5.32 Å². The van der Waals surface area contributed by atoms with Gasteiger partial charge in [-0.1, -0.05) is 23.8 Å². The lowest BCUT2D eigenvalue weighted by atomic mass is 9.76. The minimum absolute atomic E-state index is 0.713. The molecule has 0 saturated heterocycles. The number of benzene rings is 1. The summed E-state index contributed by atoms with van der Waals surface area (Å²) in [6.45, 7) is 1.15. The van der Waals surface area contributed by atoms with Crippen molar-refractivity contribution in [3.63, 3.8) is 0 Å². The summed E-state index contributed by atoms with van der Waals surface area (Å²) in [5, 5.41) is 3.72. The Morgan fingerprint density at radius 3 is 2.90 bits per heavy atom. The van der Waals surface area contributed by atoms with Gasteiger partial charge in [0.05, 0.1) is 7.11 Å². The van der Waals surface area contributed by atoms with Crippen molar-refractivity contribution in [2.45, 2.75) is 56.9 Å². The summed E-state index contributed by atoms with van der Waals surface area (Å²) in [4.78, 5) is 0. The van der Waals surface area contributed by atoms with Gasteiger partial charge in [0.2, 0.25) is 0 Å². The maximum absolute atomic E-state index is 5.31. The van der Waals surface area contributed by atoms with E-state index in [0.29, 0.717) is 12.0 Å². The van der Waals surface area contributed by atoms with Crippen LogP contribution in [0.15, 0.2) is 35.9 Å². The Bertz CT molecular complexity index is 488. The van der Waals surface area contributed by atoms with E-state index in [1.165, 1.54) is 50.5 Å². The van der Waals surface area contributed by atoms with Gasteiger partial charge in [0.15, 0.2) is 0 Å². The first-order chi connectivity index (χ1) is 10.3. The van der Waals surface area contributed by atoms with Gasteiger partial charge in [-0.15, -0.1) is 0 Å². The van der Waals surface area contributed by atoms with Crippen LogP contribution in [0.25, 0.3) is 0 Å². The average Bonchev–Trinajstić information content (AvgIpc) is 2.50. The predicted octanol–water partition coefficient (Wildman–Crippen LogP) is 4.42. The minimum Gasteiger partial charge on any atom is -0.497 e. The lowest BCUT2D eigenvalue weighted by Crippen LogP contribution is -2.40. The molecule has 1 N–H and O–H groups in total. The summed E-state index contributed by atoms with van der Waals surface area (Å²) in [7, 11) is 1.74. The summed E-state index contributed by atoms with van der Waals surface area (Å²) in [6, 6.07) is 9.26. The highest BCUT2D eigenvalue weighted by atomic mass is 16.5. The standard InChI is InChI=1S/C19H27NO/c1-21-19-9-5-8-16(14-19)17-12-18(13-17)20-11-10-15-6-3-2-4-7-15/h5-6,8-9,14,17-18,20H,2-4,7,10-13H2,1H3. The van der Waals surface area contributed by atoms with Crippen molar-refractivity contribution in [3.05, 3.63) is 41.5 Å². The molecule has 0 radical (unpaired) electrons. The van der Waals surface area contributed by atoms with Gasteiger partial charge in [0.1, 0.15) is 5.75 Å². The second-order valence-electron chi connectivity index (χ2n) is 6.45. The van der Waals surface area contributed by atoms with Crippen LogP contribution >= 0.6 is 0 Å². The Morgan fingerprint density at radius 1 is 1.24 bits per heavy atom. The smallest absolute Gasteiger partial charge is 0.119 e. The molecule has 2 heteroatoms. The van der Waals surface area contributed by atoms with Gasteiger partial charge in [-0.25, -0.2) is 0 Å². The zero-order valence-electron chi connectivity index (χ0n) is 13.1. The van der Waals surface area contributed by atoms with Gasteiger partial charge in [0.25, 0.3) is 0 Å². The summed E-state index contributed by atoms with van der Waals surface area (Å²) in [5.41, 5.74) is 3.11. The highest BCUT2D eigenvalue weighted by Gasteiger charge is 2.29. The molecule has 21 heavy (non-hydrogen) atoms. The number of methoxy groups -OCH3 is 1. The number of ether oxygens (including phenoxy) is 1. The number of hydrogen-bond acceptors (Lipinski definition) is 2. The molecule has 0 spiro atoms. The van der Waals surface area contributed by atoms with Crippen LogP contribution in [0.2, 0.25) is 0 Å². The molecule has 0 unspecified atom stereocenters. The molecule has 3 rings (SSSR count). The molecule has 1 aromatic carbocycles. The maximum Gasteiger partial charge on any atom is 0.119 e. The van der Waals surface area contributed by atoms with Crippen molar-refractivity contribution in [2.75, 3.05) is 13.7 Å². The van der Waals surface area contributed by atoms with Crippen LogP contribution in [0.1, 0.15) is 56.4 Å². The third-order valence-electron chi connectivity index (χ3n) is 4.97. The molecular formula is C19H27NO. The number of hydrogen-bond donors (Lipinski definition) is 1. The van der Waals surface area contributed by atoms with Crippen LogP contribution in [-0.4, -0.2) is 19.7 Å². The van der Waals surface area contributed by atoms with E-state index in [1.807, 2.05) is 6.07 Å². The largest absolute Gasteiger partial charge is 0.497 e. The molecule has 0 aliphatic heterocycles. The molecular weight excluding hydrogens is 258 g/mol. The predicted molar refractivity (Wildman–Crippen MR) is 87.9 cm³/mol. The van der Waals surface area contributed by atoms with Crippen LogP contribution in [-0.2, 0) is 0 Å². The number of allylic oxidation sites excluding steroid dienone is 1. The Hall–Kier alpha value is -1.28. The second-order valence-corrected chi connectivity index (χ2v) is 6.45. The molecule has 0 aromatic heterocycles. The van der Waals surface area contributed by atoms with Crippen molar-refractivity contribution < 1.29 is 4.74 Å². The summed E-state index contributed by atoms with van der Waals surface area (Å²) < 4.78 is 5.31. The highest BCUT2D eigenvalue weighted by molar-refractivity contribution is 5.32. The summed E-state index contributed by atoms with van der Waals surface area (Å²) in [5.74, 6) is 1.69. The lowest BCUT2D eigenvalue weighted by molar-refractivity contribution is 0.291. The first kappa shape index (κ1) is 14.6. The molecule has 1 aromatic rings. The SMILES string of the molecule is COc1cccc(C2CC(NCCC3=CCCCC3)C2)c1. The molecule has 0 bridgehead atoms. The molecule has 2 aliphatic carbocycles. The van der Waals surface area contributed by atoms with Gasteiger partial charge in [0, 0.05) is 6.04 Å². The van der Waals surface area contributed by atoms with E-state index in [2.05, 4.69) is 29.6 Å². The minimum atomic E-state index is 0.713. The molecule has 0 amide bonds. The average molecular weight is 285 g/mol. The number of nitrogens with one attached hydrogen (secondary N) is 1.